The van der Waals surface area contributed by atoms with E-state index in [9.17, 15) is 0 Å². The first-order chi connectivity index (χ1) is 5.70. The van der Waals surface area contributed by atoms with Crippen LogP contribution in [0.5, 0.6) is 0 Å². The van der Waals surface area contributed by atoms with Crippen molar-refractivity contribution in [2.75, 3.05) is 0 Å². The molecule has 1 aliphatic rings. The maximum absolute atomic E-state index is 5.90. The van der Waals surface area contributed by atoms with E-state index in [1.54, 1.807) is 0 Å². The molecular weight excluding hydrogens is 195 g/mol. The van der Waals surface area contributed by atoms with Gasteiger partial charge in [0.25, 0.3) is 0 Å². The molecule has 1 aliphatic carbocycles. The molecule has 0 N–H and O–H groups in total. The van der Waals surface area contributed by atoms with E-state index in [4.69, 9.17) is 23.2 Å². The Morgan fingerprint density at radius 2 is 1.92 bits per heavy atom. The van der Waals surface area contributed by atoms with Gasteiger partial charge in [0.2, 0.25) is 0 Å². The Hall–Kier alpha value is -0.340. The predicted octanol–water partition coefficient (Wildman–Crippen LogP) is 2.83. The number of hydrogen-bond donors (Lipinski definition) is 0. The van der Waals surface area contributed by atoms with E-state index in [1.165, 1.54) is 0 Å². The van der Waals surface area contributed by atoms with E-state index >= 15 is 0 Å². The molecule has 0 aliphatic heterocycles. The number of nitrogens with zero attached hydrogens (tertiary/aromatic N) is 2. The van der Waals surface area contributed by atoms with Crippen LogP contribution in [0.3, 0.4) is 0 Å². The summed E-state index contributed by atoms with van der Waals surface area (Å²) in [5.74, 6) is 0.473. The summed E-state index contributed by atoms with van der Waals surface area (Å²) in [7, 11) is 0. The average molecular weight is 203 g/mol. The van der Waals surface area contributed by atoms with Crippen LogP contribution in [0.25, 0.3) is 0 Å². The predicted molar refractivity (Wildman–Crippen MR) is 48.8 cm³/mol. The monoisotopic (exact) mass is 202 g/mol. The van der Waals surface area contributed by atoms with E-state index in [2.05, 4.69) is 17.1 Å². The summed E-state index contributed by atoms with van der Waals surface area (Å²) in [6, 6.07) is 0. The summed E-state index contributed by atoms with van der Waals surface area (Å²) < 4.78 is 0. The fourth-order valence-corrected chi connectivity index (χ4v) is 2.25. The van der Waals surface area contributed by atoms with Gasteiger partial charge in [0, 0.05) is 5.56 Å². The molecule has 0 saturated heterocycles. The van der Waals surface area contributed by atoms with Crippen LogP contribution in [0.4, 0.5) is 0 Å². The molecule has 0 fully saturated rings. The van der Waals surface area contributed by atoms with Gasteiger partial charge in [0.15, 0.2) is 10.3 Å². The SMILES string of the molecule is CC1CCc2c(Cl)nnc(Cl)c21. The lowest BCUT2D eigenvalue weighted by atomic mass is 10.1. The van der Waals surface area contributed by atoms with Gasteiger partial charge in [-0.05, 0) is 24.3 Å². The van der Waals surface area contributed by atoms with E-state index in [1.807, 2.05) is 0 Å². The van der Waals surface area contributed by atoms with Crippen molar-refractivity contribution >= 4 is 23.2 Å². The van der Waals surface area contributed by atoms with Gasteiger partial charge in [0.05, 0.1) is 0 Å². The molecule has 1 unspecified atom stereocenters. The van der Waals surface area contributed by atoms with Gasteiger partial charge in [0.1, 0.15) is 0 Å². The third-order valence-electron chi connectivity index (χ3n) is 2.34. The Balaban J connectivity index is 2.64. The van der Waals surface area contributed by atoms with Crippen molar-refractivity contribution in [2.24, 2.45) is 0 Å². The quantitative estimate of drug-likeness (QED) is 0.647. The lowest BCUT2D eigenvalue weighted by Crippen LogP contribution is -1.95. The second-order valence-corrected chi connectivity index (χ2v) is 3.83. The van der Waals surface area contributed by atoms with Crippen LogP contribution in [0.15, 0.2) is 0 Å². The topological polar surface area (TPSA) is 25.8 Å². The Kier molecular flexibility index (Phi) is 1.97. The zero-order valence-electron chi connectivity index (χ0n) is 6.64. The summed E-state index contributed by atoms with van der Waals surface area (Å²) in [4.78, 5) is 0. The Bertz CT molecular complexity index is 325. The molecule has 2 rings (SSSR count). The van der Waals surface area contributed by atoms with Crippen LogP contribution in [0.2, 0.25) is 10.3 Å². The number of aromatic nitrogens is 2. The van der Waals surface area contributed by atoms with Gasteiger partial charge in [-0.3, -0.25) is 0 Å². The van der Waals surface area contributed by atoms with E-state index in [0.717, 1.165) is 24.0 Å². The molecular formula is C8H8Cl2N2. The van der Waals surface area contributed by atoms with Crippen LogP contribution in [-0.4, -0.2) is 10.2 Å². The van der Waals surface area contributed by atoms with Crippen LogP contribution >= 0.6 is 23.2 Å². The third kappa shape index (κ3) is 1.10. The average Bonchev–Trinajstić information content (AvgIpc) is 2.42. The van der Waals surface area contributed by atoms with Gasteiger partial charge in [-0.1, -0.05) is 30.1 Å². The minimum Gasteiger partial charge on any atom is -0.137 e. The van der Waals surface area contributed by atoms with Crippen LogP contribution < -0.4 is 0 Å². The molecule has 1 heterocycles. The van der Waals surface area contributed by atoms with Gasteiger partial charge in [-0.15, -0.1) is 10.2 Å². The summed E-state index contributed by atoms with van der Waals surface area (Å²) in [5.41, 5.74) is 2.18. The maximum atomic E-state index is 5.90. The molecule has 2 nitrogen and oxygen atoms in total. The molecule has 0 saturated carbocycles. The highest BCUT2D eigenvalue weighted by Crippen LogP contribution is 2.38. The van der Waals surface area contributed by atoms with Crippen molar-refractivity contribution in [1.82, 2.24) is 10.2 Å². The molecule has 0 aromatic carbocycles. The summed E-state index contributed by atoms with van der Waals surface area (Å²) in [6.07, 6.45) is 2.08. The highest BCUT2D eigenvalue weighted by molar-refractivity contribution is 6.32. The first-order valence-electron chi connectivity index (χ1n) is 3.90. The standard InChI is InChI=1S/C8H8Cl2N2/c1-4-2-3-5-6(4)8(10)12-11-7(5)9/h4H,2-3H2,1H3. The molecule has 1 aromatic rings. The largest absolute Gasteiger partial charge is 0.155 e. The van der Waals surface area contributed by atoms with Crippen LogP contribution in [-0.2, 0) is 6.42 Å². The summed E-state index contributed by atoms with van der Waals surface area (Å²) in [5, 5.41) is 8.58. The van der Waals surface area contributed by atoms with Crippen molar-refractivity contribution in [3.05, 3.63) is 21.4 Å². The van der Waals surface area contributed by atoms with Crippen molar-refractivity contribution < 1.29 is 0 Å². The maximum Gasteiger partial charge on any atom is 0.155 e. The van der Waals surface area contributed by atoms with Gasteiger partial charge in [-0.25, -0.2) is 0 Å². The third-order valence-corrected chi connectivity index (χ3v) is 2.93. The summed E-state index contributed by atoms with van der Waals surface area (Å²) >= 11 is 11.8. The normalized spacial score (nSPS) is 21.1. The second-order valence-electron chi connectivity index (χ2n) is 3.11. The highest BCUT2D eigenvalue weighted by Gasteiger charge is 2.25. The molecule has 1 atom stereocenters. The smallest absolute Gasteiger partial charge is 0.137 e. The van der Waals surface area contributed by atoms with Gasteiger partial charge in [-0.2, -0.15) is 0 Å². The number of halogens is 2. The number of hydrogen-bond acceptors (Lipinski definition) is 2. The van der Waals surface area contributed by atoms with Crippen molar-refractivity contribution in [2.45, 2.75) is 25.7 Å². The molecule has 0 amide bonds. The van der Waals surface area contributed by atoms with Crippen molar-refractivity contribution in [3.8, 4) is 0 Å². The zero-order chi connectivity index (χ0) is 8.72. The Morgan fingerprint density at radius 3 is 2.58 bits per heavy atom. The van der Waals surface area contributed by atoms with E-state index in [-0.39, 0.29) is 0 Å². The molecule has 12 heavy (non-hydrogen) atoms. The lowest BCUT2D eigenvalue weighted by molar-refractivity contribution is 0.745. The molecule has 0 radical (unpaired) electrons. The molecule has 0 bridgehead atoms. The fourth-order valence-electron chi connectivity index (χ4n) is 1.68. The number of fused-ring (bicyclic) bond motifs is 1. The highest BCUT2D eigenvalue weighted by atomic mass is 35.5. The van der Waals surface area contributed by atoms with Crippen LogP contribution in [0, 0.1) is 0 Å². The second kappa shape index (κ2) is 2.86. The first-order valence-corrected chi connectivity index (χ1v) is 4.66. The first kappa shape index (κ1) is 8.27. The van der Waals surface area contributed by atoms with E-state index in [0.29, 0.717) is 16.2 Å². The minimum absolute atomic E-state index is 0.473. The molecule has 64 valence electrons. The summed E-state index contributed by atoms with van der Waals surface area (Å²) in [6.45, 7) is 2.13. The van der Waals surface area contributed by atoms with Crippen LogP contribution in [0.1, 0.15) is 30.4 Å². The molecule has 4 heteroatoms. The van der Waals surface area contributed by atoms with Crippen molar-refractivity contribution in [1.29, 1.82) is 0 Å². The van der Waals surface area contributed by atoms with E-state index < -0.39 is 0 Å². The lowest BCUT2D eigenvalue weighted by Gasteiger charge is -2.05. The van der Waals surface area contributed by atoms with Gasteiger partial charge < -0.3 is 0 Å². The minimum atomic E-state index is 0.473. The Morgan fingerprint density at radius 1 is 1.25 bits per heavy atom. The fraction of sp³-hybridized carbons (Fsp3) is 0.500. The molecule has 0 spiro atoms. The van der Waals surface area contributed by atoms with Crippen molar-refractivity contribution in [3.63, 3.8) is 0 Å². The zero-order valence-corrected chi connectivity index (χ0v) is 8.15. The Labute approximate surface area is 80.9 Å². The molecule has 1 aromatic heterocycles. The number of rotatable bonds is 0. The van der Waals surface area contributed by atoms with Gasteiger partial charge >= 0.3 is 0 Å².